The quantitative estimate of drug-likeness (QED) is 0.546. The van der Waals surface area contributed by atoms with Crippen LogP contribution in [-0.2, 0) is 14.3 Å². The van der Waals surface area contributed by atoms with Gasteiger partial charge >= 0.3 is 0 Å². The van der Waals surface area contributed by atoms with Crippen molar-refractivity contribution in [3.8, 4) is 0 Å². The molecule has 0 N–H and O–H groups in total. The van der Waals surface area contributed by atoms with Gasteiger partial charge in [0.1, 0.15) is 6.10 Å². The van der Waals surface area contributed by atoms with Gasteiger partial charge in [-0.2, -0.15) is 0 Å². The lowest BCUT2D eigenvalue weighted by molar-refractivity contribution is -0.119. The molecule has 66 valence electrons. The van der Waals surface area contributed by atoms with Crippen molar-refractivity contribution in [3.63, 3.8) is 0 Å². The molecule has 3 nitrogen and oxygen atoms in total. The molecule has 0 amide bonds. The van der Waals surface area contributed by atoms with Crippen LogP contribution in [0.2, 0.25) is 0 Å². The Hall–Kier alpha value is -0.830. The minimum atomic E-state index is -0.236. The molecule has 0 aromatic heterocycles. The number of Topliss-reactive ketones (excluding diaryl/α,β-unsaturated/α-hetero) is 1. The van der Waals surface area contributed by atoms with Crippen LogP contribution in [0, 0.1) is 5.41 Å². The number of hydrogen-bond acceptors (Lipinski definition) is 3. The van der Waals surface area contributed by atoms with Crippen LogP contribution in [0.5, 0.6) is 0 Å². The molecule has 0 bridgehead atoms. The monoisotopic (exact) mass is 168 g/mol. The molecule has 1 saturated heterocycles. The van der Waals surface area contributed by atoms with E-state index in [0.717, 1.165) is 0 Å². The molecule has 0 aromatic rings. The fourth-order valence-corrected chi connectivity index (χ4v) is 1.67. The Morgan fingerprint density at radius 3 is 2.83 bits per heavy atom. The number of carbonyl (C=O) groups excluding carboxylic acids is 1. The van der Waals surface area contributed by atoms with Crippen LogP contribution < -0.4 is 0 Å². The second-order valence-corrected chi connectivity index (χ2v) is 3.88. The summed E-state index contributed by atoms with van der Waals surface area (Å²) in [5.41, 5.74) is -0.0656. The molecule has 0 aromatic carbocycles. The van der Waals surface area contributed by atoms with Crippen LogP contribution >= 0.6 is 0 Å². The summed E-state index contributed by atoms with van der Waals surface area (Å²) in [6.07, 6.45) is 1.69. The standard InChI is InChI=1S/C9H12O3/c1-9(2)4-5(11-3)6(10)7-8(9)12-7/h4,7-8H,1-3H3. The average Bonchev–Trinajstić information content (AvgIpc) is 2.76. The fraction of sp³-hybridized carbons (Fsp3) is 0.667. The molecule has 2 unspecified atom stereocenters. The van der Waals surface area contributed by atoms with E-state index in [0.29, 0.717) is 5.76 Å². The molecular formula is C9H12O3. The van der Waals surface area contributed by atoms with Gasteiger partial charge in [-0.1, -0.05) is 13.8 Å². The molecule has 0 spiro atoms. The molecule has 1 heterocycles. The Kier molecular flexibility index (Phi) is 1.37. The highest BCUT2D eigenvalue weighted by atomic mass is 16.6. The van der Waals surface area contributed by atoms with Crippen molar-refractivity contribution in [3.05, 3.63) is 11.8 Å². The third-order valence-electron chi connectivity index (χ3n) is 2.45. The van der Waals surface area contributed by atoms with Crippen LogP contribution in [0.25, 0.3) is 0 Å². The highest BCUT2D eigenvalue weighted by molar-refractivity contribution is 6.00. The number of fused-ring (bicyclic) bond motifs is 1. The average molecular weight is 168 g/mol. The molecule has 2 aliphatic rings. The van der Waals surface area contributed by atoms with Crippen molar-refractivity contribution in [1.82, 2.24) is 0 Å². The minimum Gasteiger partial charge on any atom is -0.493 e. The molecule has 1 aliphatic heterocycles. The Bertz CT molecular complexity index is 265. The summed E-state index contributed by atoms with van der Waals surface area (Å²) in [6.45, 7) is 4.09. The number of methoxy groups -OCH3 is 1. The predicted molar refractivity (Wildman–Crippen MR) is 42.5 cm³/mol. The van der Waals surface area contributed by atoms with Crippen molar-refractivity contribution in [2.75, 3.05) is 7.11 Å². The fourth-order valence-electron chi connectivity index (χ4n) is 1.67. The van der Waals surface area contributed by atoms with Gasteiger partial charge in [-0.15, -0.1) is 0 Å². The van der Waals surface area contributed by atoms with Crippen molar-refractivity contribution < 1.29 is 14.3 Å². The van der Waals surface area contributed by atoms with Crippen LogP contribution in [0.4, 0.5) is 0 Å². The number of rotatable bonds is 1. The highest BCUT2D eigenvalue weighted by Crippen LogP contribution is 2.45. The van der Waals surface area contributed by atoms with Crippen molar-refractivity contribution in [2.24, 2.45) is 5.41 Å². The van der Waals surface area contributed by atoms with E-state index in [1.54, 1.807) is 0 Å². The van der Waals surface area contributed by atoms with E-state index in [1.165, 1.54) is 7.11 Å². The first-order valence-electron chi connectivity index (χ1n) is 4.03. The summed E-state index contributed by atoms with van der Waals surface area (Å²) in [7, 11) is 1.52. The smallest absolute Gasteiger partial charge is 0.228 e. The molecule has 0 saturated carbocycles. The summed E-state index contributed by atoms with van der Waals surface area (Å²) in [5, 5.41) is 0. The lowest BCUT2D eigenvalue weighted by atomic mass is 9.81. The van der Waals surface area contributed by atoms with Gasteiger partial charge in [0.2, 0.25) is 5.78 Å². The number of epoxide rings is 1. The highest BCUT2D eigenvalue weighted by Gasteiger charge is 2.57. The number of carbonyl (C=O) groups is 1. The van der Waals surface area contributed by atoms with E-state index >= 15 is 0 Å². The van der Waals surface area contributed by atoms with E-state index in [1.807, 2.05) is 19.9 Å². The topological polar surface area (TPSA) is 38.8 Å². The Balaban J connectivity index is 2.34. The summed E-state index contributed by atoms with van der Waals surface area (Å²) in [6, 6.07) is 0. The van der Waals surface area contributed by atoms with Crippen molar-refractivity contribution in [2.45, 2.75) is 26.1 Å². The molecule has 0 radical (unpaired) electrons. The molecule has 2 rings (SSSR count). The molecular weight excluding hydrogens is 156 g/mol. The third-order valence-corrected chi connectivity index (χ3v) is 2.45. The van der Waals surface area contributed by atoms with Gasteiger partial charge in [-0.05, 0) is 6.08 Å². The normalized spacial score (nSPS) is 36.9. The van der Waals surface area contributed by atoms with Crippen LogP contribution in [-0.4, -0.2) is 25.1 Å². The third kappa shape index (κ3) is 0.894. The van der Waals surface area contributed by atoms with Crippen molar-refractivity contribution >= 4 is 5.78 Å². The second kappa shape index (κ2) is 2.10. The largest absolute Gasteiger partial charge is 0.493 e. The van der Waals surface area contributed by atoms with Gasteiger partial charge in [-0.3, -0.25) is 4.79 Å². The zero-order valence-corrected chi connectivity index (χ0v) is 7.46. The van der Waals surface area contributed by atoms with Gasteiger partial charge in [-0.25, -0.2) is 0 Å². The first-order valence-corrected chi connectivity index (χ1v) is 4.03. The predicted octanol–water partition coefficient (Wildman–Crippen LogP) is 0.893. The van der Waals surface area contributed by atoms with Gasteiger partial charge in [0.25, 0.3) is 0 Å². The number of hydrogen-bond donors (Lipinski definition) is 0. The first-order chi connectivity index (χ1) is 5.56. The van der Waals surface area contributed by atoms with Gasteiger partial charge < -0.3 is 9.47 Å². The Morgan fingerprint density at radius 1 is 1.58 bits per heavy atom. The summed E-state index contributed by atoms with van der Waals surface area (Å²) in [4.78, 5) is 11.4. The van der Waals surface area contributed by atoms with E-state index in [9.17, 15) is 4.79 Å². The maximum absolute atomic E-state index is 11.4. The number of ether oxygens (including phenoxy) is 2. The van der Waals surface area contributed by atoms with Gasteiger partial charge in [0.05, 0.1) is 7.11 Å². The van der Waals surface area contributed by atoms with Crippen molar-refractivity contribution in [1.29, 1.82) is 0 Å². The molecule has 12 heavy (non-hydrogen) atoms. The van der Waals surface area contributed by atoms with E-state index < -0.39 is 0 Å². The minimum absolute atomic E-state index is 0.0122. The zero-order chi connectivity index (χ0) is 8.93. The van der Waals surface area contributed by atoms with Gasteiger partial charge in [0.15, 0.2) is 11.9 Å². The molecule has 1 fully saturated rings. The SMILES string of the molecule is COC1=CC(C)(C)C2OC2C1=O. The molecule has 1 aliphatic carbocycles. The van der Waals surface area contributed by atoms with E-state index in [-0.39, 0.29) is 23.4 Å². The Labute approximate surface area is 71.3 Å². The summed E-state index contributed by atoms with van der Waals surface area (Å²) < 4.78 is 10.2. The molecule has 2 atom stereocenters. The maximum Gasteiger partial charge on any atom is 0.228 e. The van der Waals surface area contributed by atoms with E-state index in [4.69, 9.17) is 9.47 Å². The van der Waals surface area contributed by atoms with Crippen LogP contribution in [0.15, 0.2) is 11.8 Å². The molecule has 3 heteroatoms. The van der Waals surface area contributed by atoms with Gasteiger partial charge in [0, 0.05) is 5.41 Å². The lowest BCUT2D eigenvalue weighted by Crippen LogP contribution is -2.29. The second-order valence-electron chi connectivity index (χ2n) is 3.88. The van der Waals surface area contributed by atoms with Crippen LogP contribution in [0.1, 0.15) is 13.8 Å². The lowest BCUT2D eigenvalue weighted by Gasteiger charge is -2.21. The Morgan fingerprint density at radius 2 is 2.25 bits per heavy atom. The first kappa shape index (κ1) is 7.80. The summed E-state index contributed by atoms with van der Waals surface area (Å²) in [5.74, 6) is 0.431. The number of ketones is 1. The maximum atomic E-state index is 11.4. The summed E-state index contributed by atoms with van der Waals surface area (Å²) >= 11 is 0. The van der Waals surface area contributed by atoms with E-state index in [2.05, 4.69) is 0 Å². The zero-order valence-electron chi connectivity index (χ0n) is 7.46. The van der Waals surface area contributed by atoms with Crippen LogP contribution in [0.3, 0.4) is 0 Å².